The number of benzene rings is 1. The molecule has 1 fully saturated rings. The molecule has 182 valence electrons. The average Bonchev–Trinajstić information content (AvgIpc) is 3.04. The Labute approximate surface area is 200 Å². The molecule has 1 saturated heterocycles. The highest BCUT2D eigenvalue weighted by molar-refractivity contribution is 7.81. The molecule has 8 nitrogen and oxygen atoms in total. The Morgan fingerprint density at radius 1 is 1.35 bits per heavy atom. The maximum Gasteiger partial charge on any atom is 0.490 e. The van der Waals surface area contributed by atoms with Crippen LogP contribution in [0.15, 0.2) is 36.5 Å². The highest BCUT2D eigenvalue weighted by Crippen LogP contribution is 2.46. The molecule has 2 aliphatic rings. The Morgan fingerprint density at radius 2 is 2.03 bits per heavy atom. The van der Waals surface area contributed by atoms with Crippen LogP contribution in [0.1, 0.15) is 24.0 Å². The lowest BCUT2D eigenvalue weighted by Gasteiger charge is -2.35. The molecule has 0 saturated carbocycles. The van der Waals surface area contributed by atoms with E-state index in [4.69, 9.17) is 28.3 Å². The van der Waals surface area contributed by atoms with Crippen molar-refractivity contribution in [3.63, 3.8) is 0 Å². The molecular weight excluding hydrogens is 469 g/mol. The Bertz CT molecular complexity index is 1080. The second kappa shape index (κ2) is 10.4. The number of carbonyl (C=O) groups is 1. The number of piperidine rings is 1. The molecule has 2 atom stereocenters. The van der Waals surface area contributed by atoms with Gasteiger partial charge in [-0.1, -0.05) is 18.2 Å². The largest absolute Gasteiger partial charge is 0.490 e. The van der Waals surface area contributed by atoms with Crippen LogP contribution < -0.4 is 20.4 Å². The standard InChI is InChI=1S/C20H24N6S.C2HF3O2/c1-24-19-18(17(8-9-23-19)25-10-4-7-16(22)13-25)26(20(24)27)12-15-6-3-2-5-14(15)11-21;3-2(4,5)1(6)7/h2-3,5-6,8-9,16,20,27H,4,7,10,12-13,22H2,1H3;(H,6,7)/t16-,20+;/m1./s1. The smallest absolute Gasteiger partial charge is 0.475 e. The molecule has 1 aromatic heterocycles. The topological polar surface area (TPSA) is 110 Å². The summed E-state index contributed by atoms with van der Waals surface area (Å²) in [6.45, 7) is 2.45. The van der Waals surface area contributed by atoms with Crippen molar-refractivity contribution in [1.82, 2.24) is 4.98 Å². The monoisotopic (exact) mass is 494 g/mol. The van der Waals surface area contributed by atoms with Crippen molar-refractivity contribution in [2.24, 2.45) is 5.73 Å². The van der Waals surface area contributed by atoms with Crippen LogP contribution in [0.4, 0.5) is 30.4 Å². The summed E-state index contributed by atoms with van der Waals surface area (Å²) >= 11 is 4.84. The zero-order valence-electron chi connectivity index (χ0n) is 18.4. The SMILES string of the molecule is CN1c2nccc(N3CCC[C@@H](N)C3)c2N(Cc2ccccc2C#N)[C@H]1S.O=C(O)C(F)(F)F. The van der Waals surface area contributed by atoms with Gasteiger partial charge < -0.3 is 25.5 Å². The fourth-order valence-electron chi connectivity index (χ4n) is 4.00. The number of pyridine rings is 1. The minimum atomic E-state index is -5.08. The number of nitrogens with zero attached hydrogens (tertiary/aromatic N) is 5. The van der Waals surface area contributed by atoms with Gasteiger partial charge in [0.1, 0.15) is 11.2 Å². The number of nitriles is 1. The van der Waals surface area contributed by atoms with Crippen LogP contribution in [0, 0.1) is 11.3 Å². The fourth-order valence-corrected chi connectivity index (χ4v) is 4.30. The molecule has 0 amide bonds. The number of aliphatic carboxylic acids is 1. The number of halogens is 3. The number of fused-ring (bicyclic) bond motifs is 1. The van der Waals surface area contributed by atoms with Crippen LogP contribution in [0.3, 0.4) is 0 Å². The van der Waals surface area contributed by atoms with Gasteiger partial charge in [-0.2, -0.15) is 18.4 Å². The first-order chi connectivity index (χ1) is 16.0. The quantitative estimate of drug-likeness (QED) is 0.559. The number of rotatable bonds is 3. The summed E-state index contributed by atoms with van der Waals surface area (Å²) in [5.41, 5.74) is 9.99. The normalized spacial score (nSPS) is 19.7. The van der Waals surface area contributed by atoms with Gasteiger partial charge in [-0.15, -0.1) is 12.6 Å². The average molecular weight is 495 g/mol. The van der Waals surface area contributed by atoms with Gasteiger partial charge in [0, 0.05) is 38.9 Å². The summed E-state index contributed by atoms with van der Waals surface area (Å²) in [5, 5.41) is 16.6. The number of nitrogens with two attached hydrogens (primary N) is 1. The number of aromatic nitrogens is 1. The van der Waals surface area contributed by atoms with Gasteiger partial charge in [0.05, 0.1) is 17.3 Å². The van der Waals surface area contributed by atoms with E-state index < -0.39 is 12.1 Å². The molecule has 2 aromatic rings. The molecule has 1 aromatic carbocycles. The van der Waals surface area contributed by atoms with Crippen LogP contribution in [-0.2, 0) is 11.3 Å². The molecule has 0 radical (unpaired) electrons. The number of hydrogen-bond donors (Lipinski definition) is 3. The summed E-state index contributed by atoms with van der Waals surface area (Å²) in [6, 6.07) is 12.3. The Balaban J connectivity index is 0.000000406. The Morgan fingerprint density at radius 3 is 2.65 bits per heavy atom. The van der Waals surface area contributed by atoms with E-state index in [1.54, 1.807) is 0 Å². The molecule has 0 spiro atoms. The third kappa shape index (κ3) is 5.48. The van der Waals surface area contributed by atoms with Crippen molar-refractivity contribution in [3.8, 4) is 6.07 Å². The van der Waals surface area contributed by atoms with Crippen molar-refractivity contribution in [2.45, 2.75) is 37.1 Å². The molecule has 0 bridgehead atoms. The van der Waals surface area contributed by atoms with Gasteiger partial charge in [-0.3, -0.25) is 0 Å². The zero-order valence-corrected chi connectivity index (χ0v) is 19.3. The second-order valence-corrected chi connectivity index (χ2v) is 8.47. The summed E-state index contributed by atoms with van der Waals surface area (Å²) < 4.78 is 31.7. The molecule has 3 N–H and O–H groups in total. The van der Waals surface area contributed by atoms with Crippen LogP contribution in [-0.4, -0.2) is 53.9 Å². The molecule has 3 heterocycles. The molecule has 34 heavy (non-hydrogen) atoms. The summed E-state index contributed by atoms with van der Waals surface area (Å²) in [6.07, 6.45) is -1.06. The number of thiol groups is 1. The molecule has 0 unspecified atom stereocenters. The maximum atomic E-state index is 10.6. The Hall–Kier alpha value is -3.17. The van der Waals surface area contributed by atoms with Crippen LogP contribution in [0.25, 0.3) is 0 Å². The predicted octanol–water partition coefficient (Wildman–Crippen LogP) is 3.18. The third-order valence-corrected chi connectivity index (χ3v) is 6.27. The number of anilines is 3. The van der Waals surface area contributed by atoms with E-state index in [0.29, 0.717) is 12.1 Å². The molecular formula is C22H25F3N6O2S. The first-order valence-electron chi connectivity index (χ1n) is 10.5. The number of hydrogen-bond acceptors (Lipinski definition) is 8. The summed E-state index contributed by atoms with van der Waals surface area (Å²) in [4.78, 5) is 20.2. The van der Waals surface area contributed by atoms with Gasteiger partial charge in [0.2, 0.25) is 0 Å². The van der Waals surface area contributed by atoms with Gasteiger partial charge in [-0.25, -0.2) is 9.78 Å². The first kappa shape index (κ1) is 25.5. The van der Waals surface area contributed by atoms with E-state index in [0.717, 1.165) is 48.7 Å². The minimum absolute atomic E-state index is 0.140. The summed E-state index contributed by atoms with van der Waals surface area (Å²) in [5.74, 6) is -1.84. The van der Waals surface area contributed by atoms with E-state index >= 15 is 0 Å². The van der Waals surface area contributed by atoms with Crippen molar-refractivity contribution in [3.05, 3.63) is 47.7 Å². The van der Waals surface area contributed by atoms with Gasteiger partial charge >= 0.3 is 12.1 Å². The molecule has 4 rings (SSSR count). The van der Waals surface area contributed by atoms with Crippen molar-refractivity contribution >= 4 is 35.8 Å². The first-order valence-corrected chi connectivity index (χ1v) is 11.0. The van der Waals surface area contributed by atoms with Crippen LogP contribution in [0.2, 0.25) is 0 Å². The lowest BCUT2D eigenvalue weighted by molar-refractivity contribution is -0.192. The molecule has 2 aliphatic heterocycles. The lowest BCUT2D eigenvalue weighted by Crippen LogP contribution is -2.43. The van der Waals surface area contributed by atoms with E-state index in [-0.39, 0.29) is 11.5 Å². The van der Waals surface area contributed by atoms with Crippen molar-refractivity contribution in [2.75, 3.05) is 34.8 Å². The van der Waals surface area contributed by atoms with Gasteiger partial charge in [-0.05, 0) is 30.5 Å². The lowest BCUT2D eigenvalue weighted by atomic mass is 10.1. The van der Waals surface area contributed by atoms with E-state index in [9.17, 15) is 18.4 Å². The number of alkyl halides is 3. The van der Waals surface area contributed by atoms with Crippen LogP contribution >= 0.6 is 12.6 Å². The van der Waals surface area contributed by atoms with Crippen molar-refractivity contribution in [1.29, 1.82) is 5.26 Å². The van der Waals surface area contributed by atoms with Crippen molar-refractivity contribution < 1.29 is 23.1 Å². The van der Waals surface area contributed by atoms with Gasteiger partial charge in [0.25, 0.3) is 0 Å². The van der Waals surface area contributed by atoms with Gasteiger partial charge in [0.15, 0.2) is 5.82 Å². The summed E-state index contributed by atoms with van der Waals surface area (Å²) in [7, 11) is 2.01. The fraction of sp³-hybridized carbons (Fsp3) is 0.409. The number of carboxylic acids is 1. The van der Waals surface area contributed by atoms with E-state index in [2.05, 4.69) is 31.8 Å². The third-order valence-electron chi connectivity index (χ3n) is 5.65. The molecule has 12 heteroatoms. The van der Waals surface area contributed by atoms with E-state index in [1.807, 2.05) is 37.5 Å². The van der Waals surface area contributed by atoms with Crippen LogP contribution in [0.5, 0.6) is 0 Å². The Kier molecular flexibility index (Phi) is 7.78. The maximum absolute atomic E-state index is 10.6. The molecule has 0 aliphatic carbocycles. The predicted molar refractivity (Wildman–Crippen MR) is 126 cm³/mol. The zero-order chi connectivity index (χ0) is 25.0. The van der Waals surface area contributed by atoms with E-state index in [1.165, 1.54) is 0 Å². The highest BCUT2D eigenvalue weighted by Gasteiger charge is 2.38. The highest BCUT2D eigenvalue weighted by atomic mass is 32.1. The minimum Gasteiger partial charge on any atom is -0.475 e. The second-order valence-electron chi connectivity index (χ2n) is 8.01. The number of carboxylic acid groups (broad SMARTS) is 1.